The summed E-state index contributed by atoms with van der Waals surface area (Å²) in [7, 11) is -3.36. The highest BCUT2D eigenvalue weighted by Gasteiger charge is 2.29. The molecule has 1 aromatic heterocycles. The highest BCUT2D eigenvalue weighted by atomic mass is 32.2. The molecule has 1 aliphatic heterocycles. The van der Waals surface area contributed by atoms with E-state index in [0.29, 0.717) is 18.0 Å². The van der Waals surface area contributed by atoms with E-state index in [4.69, 9.17) is 4.74 Å². The Labute approximate surface area is 172 Å². The van der Waals surface area contributed by atoms with Gasteiger partial charge in [-0.2, -0.15) is 0 Å². The van der Waals surface area contributed by atoms with Gasteiger partial charge in [0.15, 0.2) is 0 Å². The number of amides is 1. The SMILES string of the molecule is CCCOc1c(-c2ccc(NS(C)(=O)=O)cn2)ccc2c1CC[C@H](C)N2C(C)=O. The fraction of sp³-hybridized carbons (Fsp3) is 0.429. The number of anilines is 2. The summed E-state index contributed by atoms with van der Waals surface area (Å²) in [6, 6.07) is 7.46. The van der Waals surface area contributed by atoms with Crippen LogP contribution in [0, 0.1) is 0 Å². The van der Waals surface area contributed by atoms with Gasteiger partial charge in [0.2, 0.25) is 15.9 Å². The highest BCUT2D eigenvalue weighted by Crippen LogP contribution is 2.42. The number of carbonyl (C=O) groups is 1. The molecule has 0 bridgehead atoms. The summed E-state index contributed by atoms with van der Waals surface area (Å²) >= 11 is 0. The van der Waals surface area contributed by atoms with Crippen LogP contribution in [-0.2, 0) is 21.2 Å². The lowest BCUT2D eigenvalue weighted by atomic mass is 9.92. The van der Waals surface area contributed by atoms with Crippen LogP contribution in [-0.4, -0.2) is 38.2 Å². The lowest BCUT2D eigenvalue weighted by Gasteiger charge is -2.36. The van der Waals surface area contributed by atoms with E-state index in [-0.39, 0.29) is 11.9 Å². The van der Waals surface area contributed by atoms with Crippen molar-refractivity contribution in [3.05, 3.63) is 36.0 Å². The molecule has 3 rings (SSSR count). The number of nitrogens with one attached hydrogen (secondary N) is 1. The van der Waals surface area contributed by atoms with Gasteiger partial charge >= 0.3 is 0 Å². The first-order valence-corrected chi connectivity index (χ1v) is 11.6. The van der Waals surface area contributed by atoms with Gasteiger partial charge in [0.05, 0.1) is 36.1 Å². The molecule has 1 atom stereocenters. The van der Waals surface area contributed by atoms with Crippen molar-refractivity contribution < 1.29 is 17.9 Å². The predicted molar refractivity (Wildman–Crippen MR) is 115 cm³/mol. The third-order valence-corrected chi connectivity index (χ3v) is 5.49. The minimum absolute atomic E-state index is 0.0157. The zero-order chi connectivity index (χ0) is 21.2. The van der Waals surface area contributed by atoms with Crippen molar-refractivity contribution in [3.8, 4) is 17.0 Å². The monoisotopic (exact) mass is 417 g/mol. The number of hydrogen-bond acceptors (Lipinski definition) is 5. The van der Waals surface area contributed by atoms with Crippen molar-refractivity contribution >= 4 is 27.3 Å². The van der Waals surface area contributed by atoms with Gasteiger partial charge in [0, 0.05) is 24.1 Å². The largest absolute Gasteiger partial charge is 0.493 e. The van der Waals surface area contributed by atoms with Gasteiger partial charge in [0.25, 0.3) is 0 Å². The first-order chi connectivity index (χ1) is 13.7. The molecule has 1 aromatic carbocycles. The van der Waals surface area contributed by atoms with Crippen molar-refractivity contribution in [1.29, 1.82) is 0 Å². The average molecular weight is 418 g/mol. The van der Waals surface area contributed by atoms with Crippen molar-refractivity contribution in [2.75, 3.05) is 22.5 Å². The van der Waals surface area contributed by atoms with Crippen molar-refractivity contribution in [2.24, 2.45) is 0 Å². The Hall–Kier alpha value is -2.61. The zero-order valence-corrected chi connectivity index (χ0v) is 18.0. The Morgan fingerprint density at radius 1 is 1.31 bits per heavy atom. The smallest absolute Gasteiger partial charge is 0.229 e. The maximum Gasteiger partial charge on any atom is 0.229 e. The van der Waals surface area contributed by atoms with E-state index in [0.717, 1.165) is 48.1 Å². The van der Waals surface area contributed by atoms with Crippen LogP contribution in [0.15, 0.2) is 30.5 Å². The Bertz CT molecular complexity index is 1000. The normalized spacial score (nSPS) is 16.3. The van der Waals surface area contributed by atoms with Crippen LogP contribution < -0.4 is 14.4 Å². The quantitative estimate of drug-likeness (QED) is 0.776. The van der Waals surface area contributed by atoms with E-state index >= 15 is 0 Å². The Morgan fingerprint density at radius 3 is 2.66 bits per heavy atom. The van der Waals surface area contributed by atoms with Gasteiger partial charge in [0.1, 0.15) is 5.75 Å². The van der Waals surface area contributed by atoms with Gasteiger partial charge in [-0.1, -0.05) is 6.92 Å². The molecule has 0 saturated carbocycles. The predicted octanol–water partition coefficient (Wildman–Crippen LogP) is 3.60. The number of benzene rings is 1. The molecule has 29 heavy (non-hydrogen) atoms. The van der Waals surface area contributed by atoms with Gasteiger partial charge in [-0.05, 0) is 50.5 Å². The van der Waals surface area contributed by atoms with Gasteiger partial charge in [-0.15, -0.1) is 0 Å². The molecule has 0 aliphatic carbocycles. The minimum atomic E-state index is -3.36. The standard InChI is InChI=1S/C21H27N3O4S/c1-5-12-28-21-17(19-10-7-16(13-22-19)23-29(4,26)27)9-11-20-18(21)8-6-14(2)24(20)15(3)25/h7,9-11,13-14,23H,5-6,8,12H2,1-4H3/t14-/m0/s1. The van der Waals surface area contributed by atoms with Crippen molar-refractivity contribution in [2.45, 2.75) is 46.1 Å². The molecule has 0 spiro atoms. The first kappa shape index (κ1) is 21.1. The molecule has 0 fully saturated rings. The molecule has 7 nitrogen and oxygen atoms in total. The summed E-state index contributed by atoms with van der Waals surface area (Å²) in [6.07, 6.45) is 5.14. The lowest BCUT2D eigenvalue weighted by molar-refractivity contribution is -0.117. The third kappa shape index (κ3) is 4.70. The molecule has 0 unspecified atom stereocenters. The van der Waals surface area contributed by atoms with Gasteiger partial charge < -0.3 is 9.64 Å². The molecular weight excluding hydrogens is 390 g/mol. The van der Waals surface area contributed by atoms with Crippen LogP contribution in [0.25, 0.3) is 11.3 Å². The topological polar surface area (TPSA) is 88.6 Å². The number of fused-ring (bicyclic) bond motifs is 1. The molecule has 1 N–H and O–H groups in total. The van der Waals surface area contributed by atoms with E-state index in [2.05, 4.69) is 16.6 Å². The Morgan fingerprint density at radius 2 is 2.07 bits per heavy atom. The molecule has 0 saturated heterocycles. The molecule has 1 aliphatic rings. The van der Waals surface area contributed by atoms with E-state index in [1.807, 2.05) is 24.0 Å². The summed E-state index contributed by atoms with van der Waals surface area (Å²) < 4.78 is 31.4. The fourth-order valence-electron chi connectivity index (χ4n) is 3.68. The third-order valence-electron chi connectivity index (χ3n) is 4.88. The molecule has 0 radical (unpaired) electrons. The molecule has 2 aromatic rings. The number of sulfonamides is 1. The highest BCUT2D eigenvalue weighted by molar-refractivity contribution is 7.92. The van der Waals surface area contributed by atoms with Crippen molar-refractivity contribution in [1.82, 2.24) is 4.98 Å². The maximum atomic E-state index is 12.2. The second kappa shape index (κ2) is 8.41. The molecule has 2 heterocycles. The van der Waals surface area contributed by atoms with Crippen molar-refractivity contribution in [3.63, 3.8) is 0 Å². The summed E-state index contributed by atoms with van der Waals surface area (Å²) in [6.45, 7) is 6.25. The summed E-state index contributed by atoms with van der Waals surface area (Å²) in [5.41, 5.74) is 3.83. The Balaban J connectivity index is 2.06. The molecular formula is C21H27N3O4S. The Kier molecular flexibility index (Phi) is 6.12. The first-order valence-electron chi connectivity index (χ1n) is 9.74. The van der Waals surface area contributed by atoms with Crippen LogP contribution in [0.4, 0.5) is 11.4 Å². The van der Waals surface area contributed by atoms with E-state index in [9.17, 15) is 13.2 Å². The zero-order valence-electron chi connectivity index (χ0n) is 17.2. The van der Waals surface area contributed by atoms with Gasteiger partial charge in [-0.25, -0.2) is 8.42 Å². The number of ether oxygens (including phenoxy) is 1. The fourth-order valence-corrected chi connectivity index (χ4v) is 4.23. The number of aromatic nitrogens is 1. The number of nitrogens with zero attached hydrogens (tertiary/aromatic N) is 2. The second-order valence-corrected chi connectivity index (χ2v) is 9.12. The second-order valence-electron chi connectivity index (χ2n) is 7.37. The van der Waals surface area contributed by atoms with Crippen LogP contribution in [0.1, 0.15) is 39.2 Å². The molecule has 8 heteroatoms. The number of hydrogen-bond donors (Lipinski definition) is 1. The van der Waals surface area contributed by atoms with E-state index in [1.54, 1.807) is 19.1 Å². The lowest BCUT2D eigenvalue weighted by Crippen LogP contribution is -2.40. The molecule has 1 amide bonds. The van der Waals surface area contributed by atoms with Crippen LogP contribution >= 0.6 is 0 Å². The van der Waals surface area contributed by atoms with E-state index in [1.165, 1.54) is 6.20 Å². The van der Waals surface area contributed by atoms with Crippen LogP contribution in [0.5, 0.6) is 5.75 Å². The summed E-state index contributed by atoms with van der Waals surface area (Å²) in [5.74, 6) is 0.765. The molecule has 156 valence electrons. The van der Waals surface area contributed by atoms with Gasteiger partial charge in [-0.3, -0.25) is 14.5 Å². The van der Waals surface area contributed by atoms with Crippen LogP contribution in [0.2, 0.25) is 0 Å². The van der Waals surface area contributed by atoms with Crippen LogP contribution in [0.3, 0.4) is 0 Å². The number of pyridine rings is 1. The van der Waals surface area contributed by atoms with E-state index < -0.39 is 10.0 Å². The minimum Gasteiger partial charge on any atom is -0.493 e. The maximum absolute atomic E-state index is 12.2. The average Bonchev–Trinajstić information content (AvgIpc) is 2.65. The summed E-state index contributed by atoms with van der Waals surface area (Å²) in [5, 5.41) is 0. The summed E-state index contributed by atoms with van der Waals surface area (Å²) in [4.78, 5) is 18.5. The number of carbonyl (C=O) groups excluding carboxylic acids is 1. The number of rotatable bonds is 6.